The molecule has 0 aromatic heterocycles. The molecule has 1 aromatic rings. The maximum Gasteiger partial charge on any atom is 0.122 e. The van der Waals surface area contributed by atoms with Crippen molar-refractivity contribution in [2.45, 2.75) is 19.4 Å². The molecule has 2 rings (SSSR count). The summed E-state index contributed by atoms with van der Waals surface area (Å²) in [5.41, 5.74) is 1.33. The van der Waals surface area contributed by atoms with Crippen LogP contribution in [0.15, 0.2) is 24.3 Å². The summed E-state index contributed by atoms with van der Waals surface area (Å²) in [5.74, 6) is 1.62. The number of hydrogen-bond acceptors (Lipinski definition) is 4. The predicted octanol–water partition coefficient (Wildman–Crippen LogP) is 1.45. The largest absolute Gasteiger partial charge is 0.493 e. The number of hydrogen-bond donors (Lipinski definition) is 2. The molecule has 112 valence electrons. The van der Waals surface area contributed by atoms with Crippen LogP contribution in [0.1, 0.15) is 12.5 Å². The fourth-order valence-electron chi connectivity index (χ4n) is 2.45. The molecule has 1 heterocycles. The van der Waals surface area contributed by atoms with Gasteiger partial charge in [-0.3, -0.25) is 0 Å². The first-order valence-corrected chi connectivity index (χ1v) is 7.43. The number of ether oxygens (including phenoxy) is 2. The van der Waals surface area contributed by atoms with Gasteiger partial charge in [-0.05, 0) is 25.0 Å². The Morgan fingerprint density at radius 3 is 3.10 bits per heavy atom. The minimum Gasteiger partial charge on any atom is -0.493 e. The van der Waals surface area contributed by atoms with E-state index in [1.165, 1.54) is 5.56 Å². The Morgan fingerprint density at radius 2 is 2.25 bits per heavy atom. The van der Waals surface area contributed by atoms with E-state index in [4.69, 9.17) is 9.47 Å². The number of fused-ring (bicyclic) bond motifs is 1. The lowest BCUT2D eigenvalue weighted by Gasteiger charge is -2.26. The van der Waals surface area contributed by atoms with Crippen LogP contribution in [0, 0.1) is 5.92 Å². The topological polar surface area (TPSA) is 42.5 Å². The highest BCUT2D eigenvalue weighted by molar-refractivity contribution is 5.35. The van der Waals surface area contributed by atoms with Crippen LogP contribution in [0.4, 0.5) is 0 Å². The lowest BCUT2D eigenvalue weighted by atomic mass is 9.96. The van der Waals surface area contributed by atoms with Gasteiger partial charge in [0.2, 0.25) is 0 Å². The molecule has 1 aliphatic heterocycles. The van der Waals surface area contributed by atoms with Gasteiger partial charge in [0.1, 0.15) is 5.75 Å². The Balaban J connectivity index is 1.65. The van der Waals surface area contributed by atoms with E-state index in [0.717, 1.165) is 45.0 Å². The molecule has 4 nitrogen and oxygen atoms in total. The molecule has 0 aliphatic carbocycles. The van der Waals surface area contributed by atoms with E-state index in [-0.39, 0.29) is 0 Å². The van der Waals surface area contributed by atoms with Crippen molar-refractivity contribution in [3.05, 3.63) is 29.8 Å². The molecule has 0 radical (unpaired) electrons. The first kappa shape index (κ1) is 15.3. The molecule has 0 spiro atoms. The molecule has 0 saturated heterocycles. The van der Waals surface area contributed by atoms with Crippen LogP contribution in [0.5, 0.6) is 5.75 Å². The van der Waals surface area contributed by atoms with E-state index in [2.05, 4.69) is 35.8 Å². The van der Waals surface area contributed by atoms with Gasteiger partial charge in [0, 0.05) is 38.7 Å². The van der Waals surface area contributed by atoms with Crippen LogP contribution in [0.2, 0.25) is 0 Å². The highest BCUT2D eigenvalue weighted by Gasteiger charge is 2.19. The summed E-state index contributed by atoms with van der Waals surface area (Å²) >= 11 is 0. The monoisotopic (exact) mass is 278 g/mol. The Labute approximate surface area is 121 Å². The number of methoxy groups -OCH3 is 1. The van der Waals surface area contributed by atoms with E-state index >= 15 is 0 Å². The van der Waals surface area contributed by atoms with Crippen molar-refractivity contribution in [3.8, 4) is 5.75 Å². The molecular weight excluding hydrogens is 252 g/mol. The summed E-state index contributed by atoms with van der Waals surface area (Å²) in [6.07, 6.45) is 1.10. The van der Waals surface area contributed by atoms with E-state index in [9.17, 15) is 0 Å². The highest BCUT2D eigenvalue weighted by atomic mass is 16.5. The first-order valence-electron chi connectivity index (χ1n) is 7.43. The lowest BCUT2D eigenvalue weighted by Crippen LogP contribution is -2.41. The lowest BCUT2D eigenvalue weighted by molar-refractivity contribution is 0.197. The second-order valence-electron chi connectivity index (χ2n) is 5.50. The van der Waals surface area contributed by atoms with Gasteiger partial charge in [0.05, 0.1) is 13.2 Å². The SMILES string of the molecule is COCCNCC(C)NCC1COc2ccccc2C1. The van der Waals surface area contributed by atoms with Crippen LogP contribution >= 0.6 is 0 Å². The average Bonchev–Trinajstić information content (AvgIpc) is 2.49. The summed E-state index contributed by atoms with van der Waals surface area (Å²) in [6.45, 7) is 6.66. The van der Waals surface area contributed by atoms with Crippen molar-refractivity contribution in [3.63, 3.8) is 0 Å². The molecule has 20 heavy (non-hydrogen) atoms. The van der Waals surface area contributed by atoms with Crippen molar-refractivity contribution in [1.82, 2.24) is 10.6 Å². The van der Waals surface area contributed by atoms with Crippen molar-refractivity contribution < 1.29 is 9.47 Å². The smallest absolute Gasteiger partial charge is 0.122 e. The third-order valence-corrected chi connectivity index (χ3v) is 3.64. The zero-order valence-electron chi connectivity index (χ0n) is 12.5. The number of benzene rings is 1. The van der Waals surface area contributed by atoms with E-state index in [1.54, 1.807) is 7.11 Å². The van der Waals surface area contributed by atoms with Crippen LogP contribution in [-0.4, -0.2) is 46.0 Å². The highest BCUT2D eigenvalue weighted by Crippen LogP contribution is 2.26. The summed E-state index contributed by atoms with van der Waals surface area (Å²) in [4.78, 5) is 0. The minimum absolute atomic E-state index is 0.462. The van der Waals surface area contributed by atoms with Gasteiger partial charge in [0.25, 0.3) is 0 Å². The maximum atomic E-state index is 5.81. The third-order valence-electron chi connectivity index (χ3n) is 3.64. The van der Waals surface area contributed by atoms with E-state index in [0.29, 0.717) is 12.0 Å². The summed E-state index contributed by atoms with van der Waals surface area (Å²) in [5, 5.41) is 6.95. The molecule has 1 aromatic carbocycles. The molecule has 2 atom stereocenters. The normalized spacial score (nSPS) is 19.2. The minimum atomic E-state index is 0.462. The Morgan fingerprint density at radius 1 is 1.40 bits per heavy atom. The molecule has 4 heteroatoms. The quantitative estimate of drug-likeness (QED) is 0.706. The second-order valence-corrected chi connectivity index (χ2v) is 5.50. The van der Waals surface area contributed by atoms with E-state index in [1.807, 2.05) is 6.07 Å². The Kier molecular flexibility index (Phi) is 6.30. The molecule has 0 fully saturated rings. The number of para-hydroxylation sites is 1. The molecule has 1 aliphatic rings. The number of nitrogens with one attached hydrogen (secondary N) is 2. The zero-order chi connectivity index (χ0) is 14.2. The average molecular weight is 278 g/mol. The molecular formula is C16H26N2O2. The van der Waals surface area contributed by atoms with Crippen LogP contribution in [0.3, 0.4) is 0 Å². The van der Waals surface area contributed by atoms with Gasteiger partial charge in [0.15, 0.2) is 0 Å². The predicted molar refractivity (Wildman–Crippen MR) is 81.3 cm³/mol. The van der Waals surface area contributed by atoms with Crippen LogP contribution in [-0.2, 0) is 11.2 Å². The second kappa shape index (κ2) is 8.25. The van der Waals surface area contributed by atoms with Crippen LogP contribution in [0.25, 0.3) is 0 Å². The van der Waals surface area contributed by atoms with Gasteiger partial charge >= 0.3 is 0 Å². The van der Waals surface area contributed by atoms with E-state index < -0.39 is 0 Å². The molecule has 0 saturated carbocycles. The Bertz CT molecular complexity index is 398. The van der Waals surface area contributed by atoms with Gasteiger partial charge in [-0.15, -0.1) is 0 Å². The van der Waals surface area contributed by atoms with Crippen molar-refractivity contribution in [2.75, 3.05) is 40.0 Å². The summed E-state index contributed by atoms with van der Waals surface area (Å²) < 4.78 is 10.8. The van der Waals surface area contributed by atoms with Crippen LogP contribution < -0.4 is 15.4 Å². The van der Waals surface area contributed by atoms with Gasteiger partial charge in [-0.2, -0.15) is 0 Å². The van der Waals surface area contributed by atoms with Gasteiger partial charge in [-0.25, -0.2) is 0 Å². The van der Waals surface area contributed by atoms with Gasteiger partial charge in [-0.1, -0.05) is 18.2 Å². The molecule has 2 unspecified atom stereocenters. The zero-order valence-corrected chi connectivity index (χ0v) is 12.5. The van der Waals surface area contributed by atoms with Crippen molar-refractivity contribution >= 4 is 0 Å². The Hall–Kier alpha value is -1.10. The maximum absolute atomic E-state index is 5.81. The fourth-order valence-corrected chi connectivity index (χ4v) is 2.45. The summed E-state index contributed by atoms with van der Waals surface area (Å²) in [7, 11) is 1.73. The molecule has 0 bridgehead atoms. The van der Waals surface area contributed by atoms with Crippen molar-refractivity contribution in [1.29, 1.82) is 0 Å². The molecule has 2 N–H and O–H groups in total. The van der Waals surface area contributed by atoms with Crippen molar-refractivity contribution in [2.24, 2.45) is 5.92 Å². The number of rotatable bonds is 8. The summed E-state index contributed by atoms with van der Waals surface area (Å²) in [6, 6.07) is 8.80. The molecule has 0 amide bonds. The standard InChI is InChI=1S/C16H26N2O2/c1-13(10-17-7-8-19-2)18-11-14-9-15-5-3-4-6-16(15)20-12-14/h3-6,13-14,17-18H,7-12H2,1-2H3. The fraction of sp³-hybridized carbons (Fsp3) is 0.625. The third kappa shape index (κ3) is 4.78. The first-order chi connectivity index (χ1) is 9.79. The van der Waals surface area contributed by atoms with Gasteiger partial charge < -0.3 is 20.1 Å².